The molecule has 1 aliphatic rings. The van der Waals surface area contributed by atoms with Crippen LogP contribution in [0.15, 0.2) is 18.5 Å². The second kappa shape index (κ2) is 5.65. The lowest BCUT2D eigenvalue weighted by molar-refractivity contribution is 0.253. The van der Waals surface area contributed by atoms with Gasteiger partial charge in [0.1, 0.15) is 4.99 Å². The van der Waals surface area contributed by atoms with E-state index in [2.05, 4.69) is 24.1 Å². The van der Waals surface area contributed by atoms with Crippen LogP contribution in [0.25, 0.3) is 0 Å². The van der Waals surface area contributed by atoms with Crippen LogP contribution in [0, 0.1) is 11.8 Å². The molecule has 4 heteroatoms. The number of nitrogens with one attached hydrogen (secondary N) is 1. The Morgan fingerprint density at radius 2 is 2.22 bits per heavy atom. The average Bonchev–Trinajstić information content (AvgIpc) is 2.35. The zero-order chi connectivity index (χ0) is 13.1. The van der Waals surface area contributed by atoms with Crippen molar-refractivity contribution in [2.75, 3.05) is 5.32 Å². The van der Waals surface area contributed by atoms with Gasteiger partial charge < -0.3 is 11.1 Å². The molecular formula is C14H21N3S. The minimum absolute atomic E-state index is 0.427. The largest absolute Gasteiger partial charge is 0.389 e. The van der Waals surface area contributed by atoms with E-state index in [4.69, 9.17) is 18.0 Å². The molecule has 0 amide bonds. The second-order valence-electron chi connectivity index (χ2n) is 5.30. The third kappa shape index (κ3) is 2.80. The fraction of sp³-hybridized carbons (Fsp3) is 0.571. The van der Waals surface area contributed by atoms with Gasteiger partial charge in [-0.1, -0.05) is 38.9 Å². The molecule has 0 spiro atoms. The van der Waals surface area contributed by atoms with Crippen molar-refractivity contribution in [1.82, 2.24) is 4.98 Å². The topological polar surface area (TPSA) is 50.9 Å². The van der Waals surface area contributed by atoms with Gasteiger partial charge in [-0.15, -0.1) is 0 Å². The molecule has 1 saturated carbocycles. The quantitative estimate of drug-likeness (QED) is 0.823. The Kier molecular flexibility index (Phi) is 4.17. The summed E-state index contributed by atoms with van der Waals surface area (Å²) in [7, 11) is 0. The number of pyridine rings is 1. The molecule has 1 fully saturated rings. The molecule has 0 radical (unpaired) electrons. The molecule has 1 heterocycles. The molecule has 3 unspecified atom stereocenters. The van der Waals surface area contributed by atoms with Crippen molar-refractivity contribution in [3.8, 4) is 0 Å². The van der Waals surface area contributed by atoms with Crippen LogP contribution in [0.5, 0.6) is 0 Å². The molecule has 0 aliphatic heterocycles. The maximum Gasteiger partial charge on any atom is 0.106 e. The highest BCUT2D eigenvalue weighted by atomic mass is 32.1. The molecule has 3 atom stereocenters. The first-order chi connectivity index (χ1) is 8.59. The number of thiocarbonyl (C=S) groups is 1. The van der Waals surface area contributed by atoms with Gasteiger partial charge in [-0.25, -0.2) is 0 Å². The van der Waals surface area contributed by atoms with E-state index >= 15 is 0 Å². The van der Waals surface area contributed by atoms with E-state index in [0.717, 1.165) is 17.2 Å². The minimum Gasteiger partial charge on any atom is -0.389 e. The second-order valence-corrected chi connectivity index (χ2v) is 5.74. The van der Waals surface area contributed by atoms with Crippen LogP contribution in [0.3, 0.4) is 0 Å². The Hall–Kier alpha value is -1.16. The standard InChI is InChI=1S/C14H21N3S/c1-9-4-3-5-12(10(9)2)17-13-8-16-7-6-11(13)14(15)18/h6-10,12,17H,3-5H2,1-2H3,(H2,15,18). The molecule has 0 bridgehead atoms. The molecule has 0 aromatic carbocycles. The molecule has 1 aliphatic carbocycles. The van der Waals surface area contributed by atoms with Crippen molar-refractivity contribution in [3.63, 3.8) is 0 Å². The van der Waals surface area contributed by atoms with Gasteiger partial charge in [-0.2, -0.15) is 0 Å². The van der Waals surface area contributed by atoms with E-state index in [1.165, 1.54) is 19.3 Å². The summed E-state index contributed by atoms with van der Waals surface area (Å²) in [5, 5.41) is 3.58. The van der Waals surface area contributed by atoms with Gasteiger partial charge in [0.15, 0.2) is 0 Å². The van der Waals surface area contributed by atoms with Gasteiger partial charge in [-0.05, 0) is 24.3 Å². The zero-order valence-electron chi connectivity index (χ0n) is 11.0. The summed E-state index contributed by atoms with van der Waals surface area (Å²) >= 11 is 5.08. The van der Waals surface area contributed by atoms with Crippen molar-refractivity contribution < 1.29 is 0 Å². The Morgan fingerprint density at radius 3 is 2.94 bits per heavy atom. The van der Waals surface area contributed by atoms with Gasteiger partial charge >= 0.3 is 0 Å². The molecule has 3 N–H and O–H groups in total. The van der Waals surface area contributed by atoms with E-state index in [1.54, 1.807) is 6.20 Å². The summed E-state index contributed by atoms with van der Waals surface area (Å²) in [6, 6.07) is 2.37. The van der Waals surface area contributed by atoms with Crippen molar-refractivity contribution in [3.05, 3.63) is 24.0 Å². The van der Waals surface area contributed by atoms with Crippen LogP contribution >= 0.6 is 12.2 Å². The first-order valence-corrected chi connectivity index (χ1v) is 7.00. The van der Waals surface area contributed by atoms with Gasteiger partial charge in [0.05, 0.1) is 11.9 Å². The van der Waals surface area contributed by atoms with Crippen LogP contribution in [-0.4, -0.2) is 16.0 Å². The van der Waals surface area contributed by atoms with Crippen LogP contribution in [0.1, 0.15) is 38.7 Å². The fourth-order valence-electron chi connectivity index (χ4n) is 2.71. The van der Waals surface area contributed by atoms with Crippen molar-refractivity contribution in [2.45, 2.75) is 39.2 Å². The van der Waals surface area contributed by atoms with Crippen LogP contribution in [-0.2, 0) is 0 Å². The first kappa shape index (κ1) is 13.3. The van der Waals surface area contributed by atoms with Crippen molar-refractivity contribution in [1.29, 1.82) is 0 Å². The molecule has 98 valence electrons. The smallest absolute Gasteiger partial charge is 0.106 e. The van der Waals surface area contributed by atoms with Gasteiger partial charge in [0, 0.05) is 17.8 Å². The normalized spacial score (nSPS) is 27.8. The summed E-state index contributed by atoms with van der Waals surface area (Å²) in [5.74, 6) is 1.43. The number of anilines is 1. The molecule has 1 aromatic heterocycles. The lowest BCUT2D eigenvalue weighted by Gasteiger charge is -2.35. The van der Waals surface area contributed by atoms with E-state index < -0.39 is 0 Å². The number of hydrogen-bond acceptors (Lipinski definition) is 3. The third-order valence-electron chi connectivity index (χ3n) is 4.13. The number of hydrogen-bond donors (Lipinski definition) is 2. The zero-order valence-corrected chi connectivity index (χ0v) is 11.8. The van der Waals surface area contributed by atoms with E-state index in [0.29, 0.717) is 16.9 Å². The maximum absolute atomic E-state index is 5.75. The lowest BCUT2D eigenvalue weighted by Crippen LogP contribution is -2.35. The number of aromatic nitrogens is 1. The minimum atomic E-state index is 0.427. The first-order valence-electron chi connectivity index (χ1n) is 6.60. The van der Waals surface area contributed by atoms with Gasteiger partial charge in [0.25, 0.3) is 0 Å². The molecule has 2 rings (SSSR count). The van der Waals surface area contributed by atoms with Gasteiger partial charge in [-0.3, -0.25) is 4.98 Å². The summed E-state index contributed by atoms with van der Waals surface area (Å²) in [5.41, 5.74) is 7.61. The fourth-order valence-corrected chi connectivity index (χ4v) is 2.89. The lowest BCUT2D eigenvalue weighted by atomic mass is 9.78. The Morgan fingerprint density at radius 1 is 1.44 bits per heavy atom. The highest BCUT2D eigenvalue weighted by molar-refractivity contribution is 7.80. The summed E-state index contributed by atoms with van der Waals surface area (Å²) < 4.78 is 0. The summed E-state index contributed by atoms with van der Waals surface area (Å²) in [4.78, 5) is 4.59. The summed E-state index contributed by atoms with van der Waals surface area (Å²) in [6.45, 7) is 4.65. The van der Waals surface area contributed by atoms with E-state index in [9.17, 15) is 0 Å². The summed E-state index contributed by atoms with van der Waals surface area (Å²) in [6.07, 6.45) is 7.37. The number of nitrogens with two attached hydrogens (primary N) is 1. The van der Waals surface area contributed by atoms with Gasteiger partial charge in [0.2, 0.25) is 0 Å². The third-order valence-corrected chi connectivity index (χ3v) is 4.35. The molecule has 18 heavy (non-hydrogen) atoms. The highest BCUT2D eigenvalue weighted by Gasteiger charge is 2.27. The van der Waals surface area contributed by atoms with Crippen molar-refractivity contribution >= 4 is 22.9 Å². The SMILES string of the molecule is CC1CCCC(Nc2cnccc2C(N)=S)C1C. The van der Waals surface area contributed by atoms with Crippen LogP contribution < -0.4 is 11.1 Å². The highest BCUT2D eigenvalue weighted by Crippen LogP contribution is 2.32. The Labute approximate surface area is 114 Å². The van der Waals surface area contributed by atoms with Crippen LogP contribution in [0.2, 0.25) is 0 Å². The Balaban J connectivity index is 2.16. The molecule has 3 nitrogen and oxygen atoms in total. The predicted molar refractivity (Wildman–Crippen MR) is 79.7 cm³/mol. The van der Waals surface area contributed by atoms with Crippen molar-refractivity contribution in [2.24, 2.45) is 17.6 Å². The Bertz CT molecular complexity index is 433. The predicted octanol–water partition coefficient (Wildman–Crippen LogP) is 2.95. The van der Waals surface area contributed by atoms with E-state index in [1.807, 2.05) is 12.3 Å². The molecular weight excluding hydrogens is 242 g/mol. The molecule has 1 aromatic rings. The van der Waals surface area contributed by atoms with Crippen LogP contribution in [0.4, 0.5) is 5.69 Å². The molecule has 0 saturated heterocycles. The monoisotopic (exact) mass is 263 g/mol. The van der Waals surface area contributed by atoms with E-state index in [-0.39, 0.29) is 0 Å². The number of nitrogens with zero attached hydrogens (tertiary/aromatic N) is 1. The average molecular weight is 263 g/mol. The maximum atomic E-state index is 5.75. The number of rotatable bonds is 3.